The molecule has 3 aromatic rings. The molecule has 2 aromatic heterocycles. The Morgan fingerprint density at radius 2 is 2.03 bits per heavy atom. The highest BCUT2D eigenvalue weighted by atomic mass is 32.1. The summed E-state index contributed by atoms with van der Waals surface area (Å²) in [6.07, 6.45) is 2.69. The van der Waals surface area contributed by atoms with Gasteiger partial charge in [0.2, 0.25) is 0 Å². The van der Waals surface area contributed by atoms with Crippen molar-refractivity contribution in [1.82, 2.24) is 15.0 Å². The van der Waals surface area contributed by atoms with Crippen LogP contribution >= 0.6 is 12.6 Å². The van der Waals surface area contributed by atoms with Crippen molar-refractivity contribution in [3.05, 3.63) is 77.0 Å². The summed E-state index contributed by atoms with van der Waals surface area (Å²) in [6.45, 7) is 5.74. The summed E-state index contributed by atoms with van der Waals surface area (Å²) in [5, 5.41) is 2.96. The fourth-order valence-electron chi connectivity index (χ4n) is 3.53. The summed E-state index contributed by atoms with van der Waals surface area (Å²) in [5.41, 5.74) is 4.53. The lowest BCUT2D eigenvalue weighted by Gasteiger charge is -2.29. The van der Waals surface area contributed by atoms with Gasteiger partial charge < -0.3 is 10.2 Å². The van der Waals surface area contributed by atoms with E-state index in [1.54, 1.807) is 6.07 Å². The fraction of sp³-hybridized carbons (Fsp3) is 0.304. The maximum absolute atomic E-state index is 12.8. The first kappa shape index (κ1) is 20.3. The first-order valence-electron chi connectivity index (χ1n) is 10.1. The number of nitrogens with one attached hydrogen (secondary N) is 1. The Labute approximate surface area is 182 Å². The molecule has 0 spiro atoms. The van der Waals surface area contributed by atoms with Gasteiger partial charge in [-0.1, -0.05) is 32.0 Å². The molecular weight excluding hydrogens is 394 g/mol. The van der Waals surface area contributed by atoms with Crippen molar-refractivity contribution >= 4 is 30.0 Å². The zero-order valence-electron chi connectivity index (χ0n) is 17.2. The molecule has 1 aliphatic heterocycles. The highest BCUT2D eigenvalue weighted by molar-refractivity contribution is 7.79. The lowest BCUT2D eigenvalue weighted by atomic mass is 10.0. The van der Waals surface area contributed by atoms with Gasteiger partial charge in [-0.25, -0.2) is 15.0 Å². The minimum atomic E-state index is -0.211. The van der Waals surface area contributed by atoms with E-state index in [2.05, 4.69) is 57.7 Å². The van der Waals surface area contributed by atoms with Gasteiger partial charge in [-0.15, -0.1) is 0 Å². The fourth-order valence-corrected chi connectivity index (χ4v) is 3.68. The molecule has 0 saturated heterocycles. The van der Waals surface area contributed by atoms with E-state index in [0.717, 1.165) is 41.6 Å². The van der Waals surface area contributed by atoms with E-state index >= 15 is 0 Å². The number of thiol groups is 1. The van der Waals surface area contributed by atoms with Crippen molar-refractivity contribution in [2.24, 2.45) is 0 Å². The molecule has 1 aliphatic rings. The van der Waals surface area contributed by atoms with Gasteiger partial charge in [0.25, 0.3) is 5.91 Å². The zero-order valence-corrected chi connectivity index (χ0v) is 18.1. The Morgan fingerprint density at radius 3 is 2.83 bits per heavy atom. The van der Waals surface area contributed by atoms with Crippen LogP contribution < -0.4 is 10.2 Å². The van der Waals surface area contributed by atoms with Crippen LogP contribution in [-0.2, 0) is 18.7 Å². The second-order valence-corrected chi connectivity index (χ2v) is 8.02. The molecule has 0 aliphatic carbocycles. The van der Waals surface area contributed by atoms with E-state index in [1.807, 2.05) is 36.5 Å². The van der Waals surface area contributed by atoms with Crippen LogP contribution in [0.25, 0.3) is 0 Å². The van der Waals surface area contributed by atoms with E-state index in [4.69, 9.17) is 0 Å². The highest BCUT2D eigenvalue weighted by Crippen LogP contribution is 2.23. The summed E-state index contributed by atoms with van der Waals surface area (Å²) >= 11 is 4.25. The number of fused-ring (bicyclic) bond motifs is 1. The number of hydrogen-bond acceptors (Lipinski definition) is 6. The number of rotatable bonds is 5. The Balaban J connectivity index is 1.50. The summed E-state index contributed by atoms with van der Waals surface area (Å²) in [4.78, 5) is 28.5. The largest absolute Gasteiger partial charge is 0.352 e. The molecule has 1 N–H and O–H groups in total. The third-order valence-electron chi connectivity index (χ3n) is 5.23. The van der Waals surface area contributed by atoms with Gasteiger partial charge in [-0.3, -0.25) is 4.79 Å². The maximum Gasteiger partial charge on any atom is 0.274 e. The molecule has 1 amide bonds. The predicted octanol–water partition coefficient (Wildman–Crippen LogP) is 4.24. The van der Waals surface area contributed by atoms with Crippen LogP contribution in [0.5, 0.6) is 0 Å². The topological polar surface area (TPSA) is 71.0 Å². The van der Waals surface area contributed by atoms with Gasteiger partial charge in [0.1, 0.15) is 17.3 Å². The third-order valence-corrected chi connectivity index (χ3v) is 5.51. The number of anilines is 2. The minimum Gasteiger partial charge on any atom is -0.352 e. The summed E-state index contributed by atoms with van der Waals surface area (Å²) < 4.78 is 0. The molecule has 0 atom stereocenters. The molecule has 154 valence electrons. The maximum atomic E-state index is 12.8. The number of nitrogens with zero attached hydrogens (tertiary/aromatic N) is 4. The highest BCUT2D eigenvalue weighted by Gasteiger charge is 2.20. The van der Waals surface area contributed by atoms with E-state index in [0.29, 0.717) is 23.9 Å². The van der Waals surface area contributed by atoms with Crippen LogP contribution in [0.15, 0.2) is 48.7 Å². The van der Waals surface area contributed by atoms with Crippen LogP contribution in [0.3, 0.4) is 0 Å². The first-order valence-corrected chi connectivity index (χ1v) is 10.7. The average molecular weight is 420 g/mol. The molecule has 7 heteroatoms. The van der Waals surface area contributed by atoms with Crippen molar-refractivity contribution in [3.63, 3.8) is 0 Å². The SMILES string of the molecule is CC(C)c1cccc(NC(=O)c2cccc(N3CCc4nc(CS)ncc4C3)n2)c1. The number of carbonyl (C=O) groups is 1. The molecule has 0 bridgehead atoms. The Morgan fingerprint density at radius 1 is 1.20 bits per heavy atom. The molecule has 6 nitrogen and oxygen atoms in total. The molecule has 3 heterocycles. The zero-order chi connectivity index (χ0) is 21.1. The second-order valence-electron chi connectivity index (χ2n) is 7.70. The van der Waals surface area contributed by atoms with Crippen LogP contribution in [-0.4, -0.2) is 27.4 Å². The van der Waals surface area contributed by atoms with Crippen LogP contribution in [0, 0.1) is 0 Å². The lowest BCUT2D eigenvalue weighted by molar-refractivity contribution is 0.102. The first-order chi connectivity index (χ1) is 14.5. The van der Waals surface area contributed by atoms with Crippen molar-refractivity contribution in [1.29, 1.82) is 0 Å². The van der Waals surface area contributed by atoms with Crippen molar-refractivity contribution in [3.8, 4) is 0 Å². The number of carbonyl (C=O) groups excluding carboxylic acids is 1. The molecule has 0 saturated carbocycles. The van der Waals surface area contributed by atoms with Gasteiger partial charge >= 0.3 is 0 Å². The summed E-state index contributed by atoms with van der Waals surface area (Å²) in [5.74, 6) is 2.26. The standard InChI is InChI=1S/C23H25N5OS/c1-15(2)16-5-3-6-18(11-16)25-23(29)20-7-4-8-22(27-20)28-10-9-19-17(13-28)12-24-21(14-30)26-19/h3-8,11-12,15,30H,9-10,13-14H2,1-2H3,(H,25,29). The number of hydrogen-bond donors (Lipinski definition) is 2. The quantitative estimate of drug-likeness (QED) is 0.606. The normalized spacial score (nSPS) is 13.3. The van der Waals surface area contributed by atoms with Gasteiger partial charge in [-0.2, -0.15) is 12.6 Å². The van der Waals surface area contributed by atoms with Gasteiger partial charge in [0.05, 0.1) is 11.4 Å². The second kappa shape index (κ2) is 8.83. The lowest BCUT2D eigenvalue weighted by Crippen LogP contribution is -2.32. The molecule has 0 fully saturated rings. The number of benzene rings is 1. The minimum absolute atomic E-state index is 0.211. The van der Waals surface area contributed by atoms with Crippen LogP contribution in [0.1, 0.15) is 52.9 Å². The van der Waals surface area contributed by atoms with E-state index < -0.39 is 0 Å². The van der Waals surface area contributed by atoms with Gasteiger partial charge in [0, 0.05) is 37.0 Å². The Kier molecular flexibility index (Phi) is 5.99. The summed E-state index contributed by atoms with van der Waals surface area (Å²) in [7, 11) is 0. The van der Waals surface area contributed by atoms with Crippen LogP contribution in [0.2, 0.25) is 0 Å². The molecule has 1 aromatic carbocycles. The molecular formula is C23H25N5OS. The molecule has 0 unspecified atom stereocenters. The molecule has 30 heavy (non-hydrogen) atoms. The third kappa shape index (κ3) is 4.46. The van der Waals surface area contributed by atoms with E-state index in [9.17, 15) is 4.79 Å². The number of pyridine rings is 1. The van der Waals surface area contributed by atoms with Crippen molar-refractivity contribution < 1.29 is 4.79 Å². The molecule has 0 radical (unpaired) electrons. The smallest absolute Gasteiger partial charge is 0.274 e. The van der Waals surface area contributed by atoms with Crippen molar-refractivity contribution in [2.75, 3.05) is 16.8 Å². The van der Waals surface area contributed by atoms with Crippen molar-refractivity contribution in [2.45, 2.75) is 38.5 Å². The van der Waals surface area contributed by atoms with Crippen LogP contribution in [0.4, 0.5) is 11.5 Å². The number of aromatic nitrogens is 3. The number of amides is 1. The summed E-state index contributed by atoms with van der Waals surface area (Å²) in [6, 6.07) is 13.5. The Bertz CT molecular complexity index is 1070. The van der Waals surface area contributed by atoms with E-state index in [1.165, 1.54) is 5.56 Å². The van der Waals surface area contributed by atoms with E-state index in [-0.39, 0.29) is 5.91 Å². The monoisotopic (exact) mass is 419 g/mol. The molecule has 4 rings (SSSR count). The van der Waals surface area contributed by atoms with Gasteiger partial charge in [-0.05, 0) is 35.7 Å². The predicted molar refractivity (Wildman–Crippen MR) is 122 cm³/mol. The average Bonchev–Trinajstić information content (AvgIpc) is 2.78. The van der Waals surface area contributed by atoms with Gasteiger partial charge in [0.15, 0.2) is 0 Å². The Hall–Kier alpha value is -2.93.